The molecule has 1 heterocycles. The first-order valence-corrected chi connectivity index (χ1v) is 9.21. The number of hydrogen-bond donors (Lipinski definition) is 3. The summed E-state index contributed by atoms with van der Waals surface area (Å²) in [4.78, 5) is 21.7. The van der Waals surface area contributed by atoms with E-state index in [2.05, 4.69) is 32.9 Å². The largest absolute Gasteiger partial charge is 0.356 e. The predicted octanol–water partition coefficient (Wildman–Crippen LogP) is 2.08. The molecule has 7 heteroatoms. The van der Waals surface area contributed by atoms with Gasteiger partial charge in [-0.3, -0.25) is 9.79 Å². The van der Waals surface area contributed by atoms with Crippen LogP contribution in [0.2, 0.25) is 0 Å². The average molecular weight is 359 g/mol. The van der Waals surface area contributed by atoms with Crippen molar-refractivity contribution in [3.63, 3.8) is 0 Å². The van der Waals surface area contributed by atoms with Gasteiger partial charge in [-0.25, -0.2) is 4.98 Å². The summed E-state index contributed by atoms with van der Waals surface area (Å²) in [6.45, 7) is 3.83. The van der Waals surface area contributed by atoms with Crippen LogP contribution in [0.3, 0.4) is 0 Å². The third kappa shape index (κ3) is 6.93. The van der Waals surface area contributed by atoms with Gasteiger partial charge in [0.2, 0.25) is 5.91 Å². The first-order valence-electron chi connectivity index (χ1n) is 8.40. The maximum atomic E-state index is 11.9. The monoisotopic (exact) mass is 359 g/mol. The number of benzene rings is 1. The molecule has 0 fully saturated rings. The molecule has 25 heavy (non-hydrogen) atoms. The zero-order chi connectivity index (χ0) is 17.9. The lowest BCUT2D eigenvalue weighted by Crippen LogP contribution is -2.38. The van der Waals surface area contributed by atoms with Gasteiger partial charge in [-0.05, 0) is 12.0 Å². The van der Waals surface area contributed by atoms with Crippen molar-refractivity contribution in [3.05, 3.63) is 52.0 Å². The number of thiazole rings is 1. The lowest BCUT2D eigenvalue weighted by atomic mass is 10.2. The fourth-order valence-corrected chi connectivity index (χ4v) is 2.95. The van der Waals surface area contributed by atoms with Gasteiger partial charge < -0.3 is 16.0 Å². The molecule has 0 atom stereocenters. The van der Waals surface area contributed by atoms with Crippen LogP contribution in [0.15, 0.2) is 41.5 Å². The summed E-state index contributed by atoms with van der Waals surface area (Å²) in [5.74, 6) is 0.684. The number of aliphatic imine (C=N–C) groups is 1. The molecule has 0 aliphatic heterocycles. The smallest absolute Gasteiger partial charge is 0.222 e. The van der Waals surface area contributed by atoms with E-state index in [1.165, 1.54) is 4.88 Å². The lowest BCUT2D eigenvalue weighted by molar-refractivity contribution is -0.121. The quantitative estimate of drug-likeness (QED) is 0.498. The SMILES string of the molecule is CCc1cnc(CNC(=NC)NCCC(=O)NCc2ccccc2)s1. The van der Waals surface area contributed by atoms with Crippen LogP contribution >= 0.6 is 11.3 Å². The zero-order valence-electron chi connectivity index (χ0n) is 14.7. The highest BCUT2D eigenvalue weighted by atomic mass is 32.1. The molecule has 0 saturated heterocycles. The lowest BCUT2D eigenvalue weighted by Gasteiger charge is -2.11. The molecule has 6 nitrogen and oxygen atoms in total. The van der Waals surface area contributed by atoms with Crippen molar-refractivity contribution in [1.82, 2.24) is 20.9 Å². The summed E-state index contributed by atoms with van der Waals surface area (Å²) in [6, 6.07) is 9.87. The molecule has 0 bridgehead atoms. The second kappa shape index (κ2) is 10.5. The maximum Gasteiger partial charge on any atom is 0.222 e. The molecule has 134 valence electrons. The Morgan fingerprint density at radius 3 is 2.64 bits per heavy atom. The van der Waals surface area contributed by atoms with E-state index in [0.717, 1.165) is 17.0 Å². The highest BCUT2D eigenvalue weighted by Gasteiger charge is 2.04. The minimum absolute atomic E-state index is 0.0133. The van der Waals surface area contributed by atoms with Gasteiger partial charge in [-0.1, -0.05) is 37.3 Å². The Balaban J connectivity index is 1.64. The van der Waals surface area contributed by atoms with E-state index < -0.39 is 0 Å². The number of nitrogens with zero attached hydrogens (tertiary/aromatic N) is 2. The average Bonchev–Trinajstić information content (AvgIpc) is 3.11. The van der Waals surface area contributed by atoms with E-state index >= 15 is 0 Å². The molecule has 2 aromatic rings. The summed E-state index contributed by atoms with van der Waals surface area (Å²) in [5, 5.41) is 10.3. The standard InChI is InChI=1S/C18H25N5OS/c1-3-15-12-22-17(25-15)13-23-18(19-2)20-10-9-16(24)21-11-14-7-5-4-6-8-14/h4-8,12H,3,9-11,13H2,1-2H3,(H,21,24)(H2,19,20,23). The van der Waals surface area contributed by atoms with Gasteiger partial charge in [0.05, 0.1) is 6.54 Å². The molecule has 3 N–H and O–H groups in total. The van der Waals surface area contributed by atoms with Gasteiger partial charge in [0.25, 0.3) is 0 Å². The summed E-state index contributed by atoms with van der Waals surface area (Å²) >= 11 is 1.70. The molecule has 1 aromatic carbocycles. The number of aromatic nitrogens is 1. The van der Waals surface area contributed by atoms with Crippen molar-refractivity contribution in [3.8, 4) is 0 Å². The van der Waals surface area contributed by atoms with Crippen molar-refractivity contribution >= 4 is 23.2 Å². The van der Waals surface area contributed by atoms with Gasteiger partial charge in [0, 0.05) is 37.6 Å². The van der Waals surface area contributed by atoms with Crippen LogP contribution in [-0.4, -0.2) is 30.4 Å². The van der Waals surface area contributed by atoms with Gasteiger partial charge in [-0.2, -0.15) is 0 Å². The molecule has 2 rings (SSSR count). The van der Waals surface area contributed by atoms with Crippen molar-refractivity contribution in [2.24, 2.45) is 4.99 Å². The number of rotatable bonds is 8. The normalized spacial score (nSPS) is 11.2. The first kappa shape index (κ1) is 18.9. The first-order chi connectivity index (χ1) is 12.2. The Hall–Kier alpha value is -2.41. The number of carbonyl (C=O) groups excluding carboxylic acids is 1. The van der Waals surface area contributed by atoms with E-state index in [9.17, 15) is 4.79 Å². The summed E-state index contributed by atoms with van der Waals surface area (Å²) in [7, 11) is 1.71. The molecule has 0 unspecified atom stereocenters. The van der Waals surface area contributed by atoms with Crippen molar-refractivity contribution in [2.45, 2.75) is 32.9 Å². The van der Waals surface area contributed by atoms with Crippen LogP contribution in [0.25, 0.3) is 0 Å². The third-order valence-corrected chi connectivity index (χ3v) is 4.70. The second-order valence-corrected chi connectivity index (χ2v) is 6.64. The van der Waals surface area contributed by atoms with Crippen molar-refractivity contribution in [1.29, 1.82) is 0 Å². The third-order valence-electron chi connectivity index (χ3n) is 3.56. The minimum atomic E-state index is 0.0133. The molecule has 0 spiro atoms. The van der Waals surface area contributed by atoms with Crippen LogP contribution in [0, 0.1) is 0 Å². The van der Waals surface area contributed by atoms with Crippen molar-refractivity contribution < 1.29 is 4.79 Å². The highest BCUT2D eigenvalue weighted by molar-refractivity contribution is 7.11. The van der Waals surface area contributed by atoms with Crippen LogP contribution < -0.4 is 16.0 Å². The molecule has 0 aliphatic carbocycles. The van der Waals surface area contributed by atoms with Gasteiger partial charge >= 0.3 is 0 Å². The molecule has 0 aliphatic rings. The number of guanidine groups is 1. The number of aryl methyl sites for hydroxylation is 1. The molecule has 0 saturated carbocycles. The zero-order valence-corrected chi connectivity index (χ0v) is 15.5. The predicted molar refractivity (Wildman–Crippen MR) is 103 cm³/mol. The summed E-state index contributed by atoms with van der Waals surface area (Å²) in [6.07, 6.45) is 3.31. The van der Waals surface area contributed by atoms with Crippen LogP contribution in [0.4, 0.5) is 0 Å². The Kier molecular flexibility index (Phi) is 7.91. The van der Waals surface area contributed by atoms with E-state index in [1.807, 2.05) is 36.5 Å². The topological polar surface area (TPSA) is 78.4 Å². The minimum Gasteiger partial charge on any atom is -0.356 e. The Morgan fingerprint density at radius 1 is 1.16 bits per heavy atom. The molecule has 1 aromatic heterocycles. The van der Waals surface area contributed by atoms with E-state index in [1.54, 1.807) is 18.4 Å². The second-order valence-electron chi connectivity index (χ2n) is 5.44. The Morgan fingerprint density at radius 2 is 1.96 bits per heavy atom. The highest BCUT2D eigenvalue weighted by Crippen LogP contribution is 2.12. The van der Waals surface area contributed by atoms with E-state index in [-0.39, 0.29) is 5.91 Å². The molecular formula is C18H25N5OS. The van der Waals surface area contributed by atoms with Crippen LogP contribution in [0.1, 0.15) is 28.8 Å². The Labute approximate surface area is 152 Å². The fourth-order valence-electron chi connectivity index (χ4n) is 2.15. The summed E-state index contributed by atoms with van der Waals surface area (Å²) < 4.78 is 0. The molecule has 1 amide bonds. The van der Waals surface area contributed by atoms with Gasteiger partial charge in [-0.15, -0.1) is 11.3 Å². The Bertz CT molecular complexity index is 684. The number of amides is 1. The summed E-state index contributed by atoms with van der Waals surface area (Å²) in [5.41, 5.74) is 1.09. The van der Waals surface area contributed by atoms with Crippen molar-refractivity contribution in [2.75, 3.05) is 13.6 Å². The van der Waals surface area contributed by atoms with Crippen LogP contribution in [-0.2, 0) is 24.3 Å². The molecular weight excluding hydrogens is 334 g/mol. The van der Waals surface area contributed by atoms with Gasteiger partial charge in [0.15, 0.2) is 5.96 Å². The fraction of sp³-hybridized carbons (Fsp3) is 0.389. The maximum absolute atomic E-state index is 11.9. The number of carbonyl (C=O) groups is 1. The number of nitrogens with one attached hydrogen (secondary N) is 3. The van der Waals surface area contributed by atoms with Gasteiger partial charge in [0.1, 0.15) is 5.01 Å². The van der Waals surface area contributed by atoms with E-state index in [0.29, 0.717) is 32.0 Å². The molecule has 0 radical (unpaired) electrons. The van der Waals surface area contributed by atoms with E-state index in [4.69, 9.17) is 0 Å². The number of hydrogen-bond acceptors (Lipinski definition) is 4. The van der Waals surface area contributed by atoms with Crippen LogP contribution in [0.5, 0.6) is 0 Å².